The van der Waals surface area contributed by atoms with Crippen LogP contribution >= 0.6 is 0 Å². The third-order valence-electron chi connectivity index (χ3n) is 5.75. The average Bonchev–Trinajstić information content (AvgIpc) is 2.79. The van der Waals surface area contributed by atoms with Crippen LogP contribution in [0.5, 0.6) is 5.75 Å². The molecule has 0 aliphatic carbocycles. The summed E-state index contributed by atoms with van der Waals surface area (Å²) in [6.07, 6.45) is 1.12. The van der Waals surface area contributed by atoms with Gasteiger partial charge in [-0.25, -0.2) is 0 Å². The number of hydrogen-bond donors (Lipinski definition) is 1. The monoisotopic (exact) mass is 408 g/mol. The molecule has 1 heteroatoms. The quantitative estimate of drug-likeness (QED) is 0.358. The van der Waals surface area contributed by atoms with Gasteiger partial charge in [-0.05, 0) is 77.8 Å². The second-order valence-electron chi connectivity index (χ2n) is 8.13. The molecule has 0 fully saturated rings. The molecule has 0 heterocycles. The summed E-state index contributed by atoms with van der Waals surface area (Å²) < 4.78 is 0. The Kier molecular flexibility index (Phi) is 7.67. The summed E-state index contributed by atoms with van der Waals surface area (Å²) in [7, 11) is 0. The third-order valence-corrected chi connectivity index (χ3v) is 5.75. The Balaban J connectivity index is 0.000000330. The zero-order valence-electron chi connectivity index (χ0n) is 19.0. The molecule has 0 aromatic heterocycles. The molecule has 0 amide bonds. The van der Waals surface area contributed by atoms with Crippen molar-refractivity contribution < 1.29 is 5.11 Å². The Morgan fingerprint density at radius 1 is 0.677 bits per heavy atom. The smallest absolute Gasteiger partial charge is 0.116 e. The van der Waals surface area contributed by atoms with Crippen molar-refractivity contribution in [3.63, 3.8) is 0 Å². The summed E-state index contributed by atoms with van der Waals surface area (Å²) in [4.78, 5) is 0. The van der Waals surface area contributed by atoms with E-state index in [9.17, 15) is 5.11 Å². The van der Waals surface area contributed by atoms with Crippen LogP contribution in [0.25, 0.3) is 22.3 Å². The van der Waals surface area contributed by atoms with E-state index >= 15 is 0 Å². The van der Waals surface area contributed by atoms with Gasteiger partial charge < -0.3 is 5.11 Å². The molecule has 1 N–H and O–H groups in total. The highest BCUT2D eigenvalue weighted by Gasteiger charge is 2.14. The van der Waals surface area contributed by atoms with Gasteiger partial charge in [0, 0.05) is 0 Å². The predicted octanol–water partition coefficient (Wildman–Crippen LogP) is 8.54. The molecular weight excluding hydrogens is 376 g/mol. The molecule has 0 aliphatic heterocycles. The molecule has 0 spiro atoms. The first-order chi connectivity index (χ1) is 15.0. The maximum Gasteiger partial charge on any atom is 0.116 e. The fourth-order valence-corrected chi connectivity index (χ4v) is 3.71. The van der Waals surface area contributed by atoms with Crippen LogP contribution in [0, 0.1) is 13.8 Å². The molecule has 0 radical (unpaired) electrons. The average molecular weight is 409 g/mol. The van der Waals surface area contributed by atoms with Crippen LogP contribution < -0.4 is 0 Å². The normalized spacial score (nSPS) is 11.4. The molecule has 31 heavy (non-hydrogen) atoms. The lowest BCUT2D eigenvalue weighted by atomic mass is 9.86. The Labute approximate surface area is 187 Å². The highest BCUT2D eigenvalue weighted by Crippen LogP contribution is 2.36. The lowest BCUT2D eigenvalue weighted by Crippen LogP contribution is -1.97. The van der Waals surface area contributed by atoms with Crippen LogP contribution in [0.2, 0.25) is 0 Å². The molecule has 0 aliphatic rings. The Morgan fingerprint density at radius 3 is 1.97 bits per heavy atom. The Morgan fingerprint density at radius 2 is 1.35 bits per heavy atom. The van der Waals surface area contributed by atoms with Gasteiger partial charge in [-0.15, -0.1) is 0 Å². The Hall–Kier alpha value is -3.32. The zero-order chi connectivity index (χ0) is 22.2. The summed E-state index contributed by atoms with van der Waals surface area (Å²) in [5.74, 6) is 0.814. The maximum absolute atomic E-state index is 9.79. The number of rotatable bonds is 4. The molecule has 0 bridgehead atoms. The van der Waals surface area contributed by atoms with Crippen LogP contribution in [0.3, 0.4) is 0 Å². The summed E-state index contributed by atoms with van der Waals surface area (Å²) in [6, 6.07) is 32.9. The van der Waals surface area contributed by atoms with E-state index in [1.165, 1.54) is 27.8 Å². The minimum absolute atomic E-state index is 0.302. The maximum atomic E-state index is 9.79. The van der Waals surface area contributed by atoms with Crippen LogP contribution in [-0.2, 0) is 0 Å². The number of phenols is 1. The van der Waals surface area contributed by atoms with Gasteiger partial charge in [-0.1, -0.05) is 98.3 Å². The number of phenolic OH excluding ortho intramolecular Hbond substituents is 1. The van der Waals surface area contributed by atoms with Crippen LogP contribution in [0.15, 0.2) is 97.1 Å². The molecule has 4 aromatic rings. The summed E-state index contributed by atoms with van der Waals surface area (Å²) >= 11 is 0. The van der Waals surface area contributed by atoms with Crippen LogP contribution in [0.1, 0.15) is 42.9 Å². The van der Waals surface area contributed by atoms with E-state index in [0.29, 0.717) is 11.7 Å². The predicted molar refractivity (Wildman–Crippen MR) is 134 cm³/mol. The number of aryl methyl sites for hydroxylation is 2. The molecule has 1 nitrogen and oxygen atoms in total. The molecular formula is C30H32O. The van der Waals surface area contributed by atoms with E-state index in [0.717, 1.165) is 17.5 Å². The van der Waals surface area contributed by atoms with Gasteiger partial charge in [-0.2, -0.15) is 0 Å². The van der Waals surface area contributed by atoms with Gasteiger partial charge in [0.2, 0.25) is 0 Å². The van der Waals surface area contributed by atoms with E-state index in [2.05, 4.69) is 82.3 Å². The minimum atomic E-state index is 0.302. The summed E-state index contributed by atoms with van der Waals surface area (Å²) in [5, 5.41) is 9.79. The lowest BCUT2D eigenvalue weighted by Gasteiger charge is -2.18. The molecule has 0 saturated carbocycles. The number of aromatic hydroxyl groups is 1. The Bertz CT molecular complexity index is 1110. The van der Waals surface area contributed by atoms with Crippen molar-refractivity contribution in [1.29, 1.82) is 0 Å². The highest BCUT2D eigenvalue weighted by atomic mass is 16.3. The van der Waals surface area contributed by atoms with Crippen molar-refractivity contribution in [2.24, 2.45) is 0 Å². The largest absolute Gasteiger partial charge is 0.508 e. The molecule has 1 atom stereocenters. The minimum Gasteiger partial charge on any atom is -0.508 e. The van der Waals surface area contributed by atoms with Crippen molar-refractivity contribution in [2.75, 3.05) is 0 Å². The standard InChI is InChI=1S/C23H24O.C7H8/c1-4-16(2)22-13-12-19(18-9-7-10-20(24)14-18)15-23(22)21-11-6-5-8-17(21)3;1-7-5-3-2-4-6-7/h5-16,24H,4H2,1-3H3;2-6H,1H3. The zero-order valence-corrected chi connectivity index (χ0v) is 19.0. The van der Waals surface area contributed by atoms with E-state index in [1.807, 2.05) is 36.4 Å². The van der Waals surface area contributed by atoms with Gasteiger partial charge in [0.05, 0.1) is 0 Å². The van der Waals surface area contributed by atoms with Crippen molar-refractivity contribution in [1.82, 2.24) is 0 Å². The summed E-state index contributed by atoms with van der Waals surface area (Å²) in [6.45, 7) is 8.76. The summed E-state index contributed by atoms with van der Waals surface area (Å²) in [5.41, 5.74) is 8.75. The fraction of sp³-hybridized carbons (Fsp3) is 0.200. The molecule has 4 aromatic carbocycles. The van der Waals surface area contributed by atoms with Crippen molar-refractivity contribution >= 4 is 0 Å². The molecule has 158 valence electrons. The first-order valence-corrected chi connectivity index (χ1v) is 11.0. The highest BCUT2D eigenvalue weighted by molar-refractivity contribution is 5.78. The van der Waals surface area contributed by atoms with E-state index < -0.39 is 0 Å². The van der Waals surface area contributed by atoms with Crippen molar-refractivity contribution in [3.8, 4) is 28.0 Å². The second kappa shape index (κ2) is 10.6. The van der Waals surface area contributed by atoms with E-state index in [4.69, 9.17) is 0 Å². The van der Waals surface area contributed by atoms with E-state index in [-0.39, 0.29) is 0 Å². The van der Waals surface area contributed by atoms with Gasteiger partial charge in [-0.3, -0.25) is 0 Å². The van der Waals surface area contributed by atoms with Crippen molar-refractivity contribution in [2.45, 2.75) is 40.0 Å². The molecule has 1 unspecified atom stereocenters. The van der Waals surface area contributed by atoms with E-state index in [1.54, 1.807) is 6.07 Å². The first-order valence-electron chi connectivity index (χ1n) is 11.0. The van der Waals surface area contributed by atoms with Crippen LogP contribution in [0.4, 0.5) is 0 Å². The topological polar surface area (TPSA) is 20.2 Å². The first kappa shape index (κ1) is 22.4. The number of hydrogen-bond acceptors (Lipinski definition) is 1. The lowest BCUT2D eigenvalue weighted by molar-refractivity contribution is 0.475. The molecule has 0 saturated heterocycles. The SMILES string of the molecule is CCC(C)c1ccc(-c2cccc(O)c2)cc1-c1ccccc1C.Cc1ccccc1. The van der Waals surface area contributed by atoms with Crippen molar-refractivity contribution in [3.05, 3.63) is 114 Å². The number of benzene rings is 4. The van der Waals surface area contributed by atoms with Gasteiger partial charge in [0.1, 0.15) is 5.75 Å². The van der Waals surface area contributed by atoms with Gasteiger partial charge in [0.25, 0.3) is 0 Å². The van der Waals surface area contributed by atoms with Crippen LogP contribution in [-0.4, -0.2) is 5.11 Å². The fourth-order valence-electron chi connectivity index (χ4n) is 3.71. The van der Waals surface area contributed by atoms with Gasteiger partial charge in [0.15, 0.2) is 0 Å². The third kappa shape index (κ3) is 5.86. The second-order valence-corrected chi connectivity index (χ2v) is 8.13. The molecule has 4 rings (SSSR count). The van der Waals surface area contributed by atoms with Gasteiger partial charge >= 0.3 is 0 Å².